The molecule has 1 heterocycles. The number of rotatable bonds is 3. The summed E-state index contributed by atoms with van der Waals surface area (Å²) in [6, 6.07) is 5.09. The number of nitrogens with two attached hydrogens (primary N) is 1. The van der Waals surface area contributed by atoms with E-state index in [1.54, 1.807) is 19.9 Å². The summed E-state index contributed by atoms with van der Waals surface area (Å²) in [6.45, 7) is 5.36. The molecular formula is C14H17N5O3S. The molecule has 2 amide bonds. The van der Waals surface area contributed by atoms with Gasteiger partial charge >= 0.3 is 6.03 Å². The average Bonchev–Trinajstić information content (AvgIpc) is 2.44. The molecule has 2 rings (SSSR count). The maximum Gasteiger partial charge on any atom is 0.324 e. The molecule has 0 aliphatic rings. The fraction of sp³-hybridized carbons (Fsp3) is 0.214. The number of amides is 2. The second-order valence-electron chi connectivity index (χ2n) is 4.98. The van der Waals surface area contributed by atoms with Gasteiger partial charge in [-0.2, -0.15) is 0 Å². The highest BCUT2D eigenvalue weighted by Gasteiger charge is 2.11. The predicted octanol–water partition coefficient (Wildman–Crippen LogP) is 1.69. The third kappa shape index (κ3) is 4.24. The first-order valence-corrected chi connectivity index (χ1v) is 8.24. The molecule has 122 valence electrons. The summed E-state index contributed by atoms with van der Waals surface area (Å²) in [5.74, 6) is 0.341. The van der Waals surface area contributed by atoms with Crippen LogP contribution in [0.5, 0.6) is 0 Å². The Balaban J connectivity index is 2.16. The number of urea groups is 1. The minimum atomic E-state index is -3.83. The van der Waals surface area contributed by atoms with Crippen molar-refractivity contribution in [1.29, 1.82) is 0 Å². The van der Waals surface area contributed by atoms with Gasteiger partial charge in [-0.3, -0.25) is 10.3 Å². The zero-order valence-electron chi connectivity index (χ0n) is 12.9. The van der Waals surface area contributed by atoms with Crippen LogP contribution in [-0.2, 0) is 10.0 Å². The number of benzene rings is 1. The second kappa shape index (κ2) is 6.31. The number of nitrogens with one attached hydrogen (secondary N) is 2. The molecule has 0 fully saturated rings. The lowest BCUT2D eigenvalue weighted by Crippen LogP contribution is -2.22. The SMILES string of the molecule is Cc1nc(C)c(NC(=O)Nc2cccc(S(N)(=O)=O)c2)nc1C. The average molecular weight is 335 g/mol. The monoisotopic (exact) mass is 335 g/mol. The molecule has 0 unspecified atom stereocenters. The van der Waals surface area contributed by atoms with E-state index in [0.717, 1.165) is 5.69 Å². The Morgan fingerprint density at radius 1 is 1.04 bits per heavy atom. The summed E-state index contributed by atoms with van der Waals surface area (Å²) in [5, 5.41) is 10.2. The molecular weight excluding hydrogens is 318 g/mol. The van der Waals surface area contributed by atoms with E-state index in [1.807, 2.05) is 6.92 Å². The summed E-state index contributed by atoms with van der Waals surface area (Å²) in [6.07, 6.45) is 0. The van der Waals surface area contributed by atoms with Gasteiger partial charge < -0.3 is 5.32 Å². The minimum Gasteiger partial charge on any atom is -0.308 e. The van der Waals surface area contributed by atoms with Crippen LogP contribution in [0.2, 0.25) is 0 Å². The quantitative estimate of drug-likeness (QED) is 0.786. The molecule has 0 aliphatic carbocycles. The van der Waals surface area contributed by atoms with Crippen molar-refractivity contribution in [3.8, 4) is 0 Å². The number of hydrogen-bond donors (Lipinski definition) is 3. The number of nitrogens with zero attached hydrogens (tertiary/aromatic N) is 2. The number of primary sulfonamides is 1. The Kier molecular flexibility index (Phi) is 4.62. The lowest BCUT2D eigenvalue weighted by molar-refractivity contribution is 0.262. The van der Waals surface area contributed by atoms with E-state index < -0.39 is 16.1 Å². The van der Waals surface area contributed by atoms with Gasteiger partial charge in [0.15, 0.2) is 5.82 Å². The number of hydrogen-bond acceptors (Lipinski definition) is 5. The third-order valence-corrected chi connectivity index (χ3v) is 4.04. The van der Waals surface area contributed by atoms with Gasteiger partial charge in [0.1, 0.15) is 0 Å². The van der Waals surface area contributed by atoms with E-state index >= 15 is 0 Å². The van der Waals surface area contributed by atoms with Gasteiger partial charge in [0.25, 0.3) is 0 Å². The zero-order valence-corrected chi connectivity index (χ0v) is 13.7. The summed E-state index contributed by atoms with van der Waals surface area (Å²) >= 11 is 0. The highest BCUT2D eigenvalue weighted by molar-refractivity contribution is 7.89. The number of carbonyl (C=O) groups excluding carboxylic acids is 1. The molecule has 0 aliphatic heterocycles. The highest BCUT2D eigenvalue weighted by atomic mass is 32.2. The lowest BCUT2D eigenvalue weighted by Gasteiger charge is -2.11. The zero-order chi connectivity index (χ0) is 17.2. The van der Waals surface area contributed by atoms with Gasteiger partial charge in [0, 0.05) is 5.69 Å². The molecule has 1 aromatic heterocycles. The Labute approximate surface area is 134 Å². The van der Waals surface area contributed by atoms with E-state index in [0.29, 0.717) is 22.9 Å². The summed E-state index contributed by atoms with van der Waals surface area (Å²) in [5.41, 5.74) is 2.38. The topological polar surface area (TPSA) is 127 Å². The van der Waals surface area contributed by atoms with Crippen LogP contribution in [0.1, 0.15) is 17.1 Å². The van der Waals surface area contributed by atoms with Gasteiger partial charge in [0.2, 0.25) is 10.0 Å². The molecule has 0 atom stereocenters. The predicted molar refractivity (Wildman–Crippen MR) is 86.7 cm³/mol. The van der Waals surface area contributed by atoms with E-state index in [4.69, 9.17) is 5.14 Å². The van der Waals surface area contributed by atoms with Crippen molar-refractivity contribution < 1.29 is 13.2 Å². The number of aromatic nitrogens is 2. The van der Waals surface area contributed by atoms with E-state index in [-0.39, 0.29) is 4.90 Å². The lowest BCUT2D eigenvalue weighted by atomic mass is 10.3. The summed E-state index contributed by atoms with van der Waals surface area (Å²) in [4.78, 5) is 20.5. The van der Waals surface area contributed by atoms with Crippen LogP contribution in [0.4, 0.5) is 16.3 Å². The maximum absolute atomic E-state index is 12.0. The molecule has 1 aromatic carbocycles. The van der Waals surface area contributed by atoms with Crippen LogP contribution in [0.25, 0.3) is 0 Å². The van der Waals surface area contributed by atoms with Crippen molar-refractivity contribution in [2.45, 2.75) is 25.7 Å². The van der Waals surface area contributed by atoms with E-state index in [9.17, 15) is 13.2 Å². The molecule has 0 saturated heterocycles. The molecule has 0 saturated carbocycles. The second-order valence-corrected chi connectivity index (χ2v) is 6.54. The van der Waals surface area contributed by atoms with E-state index in [1.165, 1.54) is 18.2 Å². The Morgan fingerprint density at radius 2 is 1.70 bits per heavy atom. The van der Waals surface area contributed by atoms with Crippen LogP contribution >= 0.6 is 0 Å². The molecule has 8 nitrogen and oxygen atoms in total. The normalized spacial score (nSPS) is 11.1. The molecule has 0 radical (unpaired) electrons. The summed E-state index contributed by atoms with van der Waals surface area (Å²) in [7, 11) is -3.83. The Bertz CT molecular complexity index is 865. The maximum atomic E-state index is 12.0. The van der Waals surface area contributed by atoms with Crippen LogP contribution in [-0.4, -0.2) is 24.4 Å². The molecule has 2 aromatic rings. The van der Waals surface area contributed by atoms with Gasteiger partial charge in [-0.1, -0.05) is 6.07 Å². The number of sulfonamides is 1. The highest BCUT2D eigenvalue weighted by Crippen LogP contribution is 2.16. The van der Waals surface area contributed by atoms with Gasteiger partial charge in [-0.05, 0) is 39.0 Å². The largest absolute Gasteiger partial charge is 0.324 e. The summed E-state index contributed by atoms with van der Waals surface area (Å²) < 4.78 is 22.6. The van der Waals surface area contributed by atoms with Crippen molar-refractivity contribution in [1.82, 2.24) is 9.97 Å². The molecule has 0 bridgehead atoms. The first kappa shape index (κ1) is 16.8. The van der Waals surface area contributed by atoms with Crippen molar-refractivity contribution >= 4 is 27.6 Å². The van der Waals surface area contributed by atoms with Crippen molar-refractivity contribution in [2.24, 2.45) is 5.14 Å². The van der Waals surface area contributed by atoms with Gasteiger partial charge in [-0.15, -0.1) is 0 Å². The van der Waals surface area contributed by atoms with Crippen LogP contribution < -0.4 is 15.8 Å². The first-order chi connectivity index (χ1) is 10.7. The van der Waals surface area contributed by atoms with Crippen molar-refractivity contribution in [3.63, 3.8) is 0 Å². The van der Waals surface area contributed by atoms with Gasteiger partial charge in [-0.25, -0.2) is 23.3 Å². The fourth-order valence-electron chi connectivity index (χ4n) is 1.85. The van der Waals surface area contributed by atoms with Crippen molar-refractivity contribution in [2.75, 3.05) is 10.6 Å². The van der Waals surface area contributed by atoms with E-state index in [2.05, 4.69) is 20.6 Å². The van der Waals surface area contributed by atoms with Crippen molar-refractivity contribution in [3.05, 3.63) is 41.3 Å². The standard InChI is InChI=1S/C14H17N5O3S/c1-8-9(2)17-13(10(3)16-8)19-14(20)18-11-5-4-6-12(7-11)23(15,21)22/h4-7H,1-3H3,(H2,15,21,22)(H2,17,18,19,20). The first-order valence-electron chi connectivity index (χ1n) is 6.69. The van der Waals surface area contributed by atoms with Gasteiger partial charge in [0.05, 0.1) is 22.0 Å². The molecule has 23 heavy (non-hydrogen) atoms. The molecule has 9 heteroatoms. The molecule has 4 N–H and O–H groups in total. The third-order valence-electron chi connectivity index (χ3n) is 3.13. The Morgan fingerprint density at radius 3 is 2.35 bits per heavy atom. The van der Waals surface area contributed by atoms with Crippen LogP contribution in [0.3, 0.4) is 0 Å². The smallest absolute Gasteiger partial charge is 0.308 e. The Hall–Kier alpha value is -2.52. The number of anilines is 2. The number of carbonyl (C=O) groups is 1. The fourth-order valence-corrected chi connectivity index (χ4v) is 2.41. The minimum absolute atomic E-state index is 0.0857. The molecule has 0 spiro atoms. The van der Waals surface area contributed by atoms with Crippen LogP contribution in [0.15, 0.2) is 29.2 Å². The van der Waals surface area contributed by atoms with Crippen LogP contribution in [0, 0.1) is 20.8 Å². The number of aryl methyl sites for hydroxylation is 3.